The van der Waals surface area contributed by atoms with Crippen LogP contribution in [0.4, 0.5) is 0 Å². The molecule has 1 spiro atoms. The van der Waals surface area contributed by atoms with Gasteiger partial charge in [-0.15, -0.1) is 0 Å². The third-order valence-electron chi connectivity index (χ3n) is 4.74. The highest BCUT2D eigenvalue weighted by Gasteiger charge is 2.55. The number of piperidine rings is 1. The normalized spacial score (nSPS) is 22.9. The first-order valence-corrected chi connectivity index (χ1v) is 7.24. The quantitative estimate of drug-likeness (QED) is 0.791. The van der Waals surface area contributed by atoms with Crippen LogP contribution in [0, 0.1) is 12.3 Å². The second-order valence-electron chi connectivity index (χ2n) is 6.12. The molecule has 2 N–H and O–H groups in total. The highest BCUT2D eigenvalue weighted by molar-refractivity contribution is 5.94. The van der Waals surface area contributed by atoms with Crippen LogP contribution in [-0.2, 0) is 4.79 Å². The molecule has 0 bridgehead atoms. The van der Waals surface area contributed by atoms with Gasteiger partial charge in [-0.25, -0.2) is 0 Å². The summed E-state index contributed by atoms with van der Waals surface area (Å²) in [6.45, 7) is 3.28. The van der Waals surface area contributed by atoms with Crippen molar-refractivity contribution >= 4 is 12.3 Å². The van der Waals surface area contributed by atoms with Crippen molar-refractivity contribution in [1.29, 1.82) is 0 Å². The second-order valence-corrected chi connectivity index (χ2v) is 6.12. The molecule has 1 atom stereocenters. The van der Waals surface area contributed by atoms with Crippen LogP contribution in [0.3, 0.4) is 0 Å². The first kappa shape index (κ1) is 13.9. The summed E-state index contributed by atoms with van der Waals surface area (Å²) in [4.78, 5) is 39.1. The number of nitrogens with one attached hydrogen (secondary N) is 2. The molecule has 112 valence electrons. The predicted octanol–water partition coefficient (Wildman–Crippen LogP) is 0.424. The molecule has 0 radical (unpaired) electrons. The number of likely N-dealkylation sites (tertiary alicyclic amines) is 1. The van der Waals surface area contributed by atoms with Gasteiger partial charge in [0.15, 0.2) is 0 Å². The van der Waals surface area contributed by atoms with E-state index in [1.54, 1.807) is 24.0 Å². The summed E-state index contributed by atoms with van der Waals surface area (Å²) in [6, 6.07) is 3.41. The number of H-pyrrole nitrogens is 1. The van der Waals surface area contributed by atoms with E-state index in [0.717, 1.165) is 44.5 Å². The van der Waals surface area contributed by atoms with E-state index >= 15 is 0 Å². The molecule has 2 aliphatic rings. The number of aromatic amines is 1. The maximum absolute atomic E-state index is 12.2. The number of aromatic nitrogens is 1. The maximum atomic E-state index is 12.2. The number of hydrogen-bond acceptors (Lipinski definition) is 3. The third-order valence-corrected chi connectivity index (χ3v) is 4.74. The standard InChI is InChI=1S/C15H19N3O3/c1-10-2-3-11(13(20)16-10)14(21)17-12-8-15(12)4-6-18(9-19)7-5-15/h2-3,9,12H,4-8H2,1H3,(H,16,20)(H,17,21). The van der Waals surface area contributed by atoms with Gasteiger partial charge in [-0.3, -0.25) is 14.4 Å². The van der Waals surface area contributed by atoms with Gasteiger partial charge in [0, 0.05) is 24.8 Å². The third kappa shape index (κ3) is 2.57. The minimum Gasteiger partial charge on any atom is -0.349 e. The lowest BCUT2D eigenvalue weighted by Gasteiger charge is -2.30. The summed E-state index contributed by atoms with van der Waals surface area (Å²) in [5.74, 6) is -0.309. The van der Waals surface area contributed by atoms with Gasteiger partial charge in [0.05, 0.1) is 0 Å². The fourth-order valence-electron chi connectivity index (χ4n) is 3.17. The van der Waals surface area contributed by atoms with Crippen molar-refractivity contribution in [1.82, 2.24) is 15.2 Å². The summed E-state index contributed by atoms with van der Waals surface area (Å²) in [5, 5.41) is 2.96. The molecule has 6 heteroatoms. The Morgan fingerprint density at radius 3 is 2.76 bits per heavy atom. The fraction of sp³-hybridized carbons (Fsp3) is 0.533. The van der Waals surface area contributed by atoms with Crippen molar-refractivity contribution in [3.63, 3.8) is 0 Å². The van der Waals surface area contributed by atoms with Crippen LogP contribution in [-0.4, -0.2) is 41.3 Å². The van der Waals surface area contributed by atoms with Crippen LogP contribution < -0.4 is 10.9 Å². The van der Waals surface area contributed by atoms with Crippen LogP contribution in [0.1, 0.15) is 35.3 Å². The van der Waals surface area contributed by atoms with Crippen molar-refractivity contribution in [2.24, 2.45) is 5.41 Å². The Morgan fingerprint density at radius 1 is 1.43 bits per heavy atom. The number of amides is 2. The predicted molar refractivity (Wildman–Crippen MR) is 77.0 cm³/mol. The molecule has 0 aromatic carbocycles. The molecule has 1 saturated carbocycles. The SMILES string of the molecule is Cc1ccc(C(=O)NC2CC23CCN(C=O)CC3)c(=O)[nH]1. The van der Waals surface area contributed by atoms with E-state index in [1.807, 2.05) is 0 Å². The van der Waals surface area contributed by atoms with E-state index in [2.05, 4.69) is 10.3 Å². The van der Waals surface area contributed by atoms with Gasteiger partial charge in [-0.1, -0.05) is 0 Å². The molecule has 1 aliphatic heterocycles. The highest BCUT2D eigenvalue weighted by Crippen LogP contribution is 2.53. The summed E-state index contributed by atoms with van der Waals surface area (Å²) < 4.78 is 0. The zero-order valence-electron chi connectivity index (χ0n) is 12.0. The van der Waals surface area contributed by atoms with Crippen molar-refractivity contribution in [2.75, 3.05) is 13.1 Å². The largest absolute Gasteiger partial charge is 0.349 e. The number of carbonyl (C=O) groups excluding carboxylic acids is 2. The number of aryl methyl sites for hydroxylation is 1. The minimum atomic E-state index is -0.349. The first-order chi connectivity index (χ1) is 10.0. The van der Waals surface area contributed by atoms with Crippen molar-refractivity contribution in [3.8, 4) is 0 Å². The smallest absolute Gasteiger partial charge is 0.260 e. The fourth-order valence-corrected chi connectivity index (χ4v) is 3.17. The summed E-state index contributed by atoms with van der Waals surface area (Å²) in [5.41, 5.74) is 0.679. The lowest BCUT2D eigenvalue weighted by atomic mass is 9.93. The summed E-state index contributed by atoms with van der Waals surface area (Å²) in [6.07, 6.45) is 3.66. The highest BCUT2D eigenvalue weighted by atomic mass is 16.2. The lowest BCUT2D eigenvalue weighted by molar-refractivity contribution is -0.119. The first-order valence-electron chi connectivity index (χ1n) is 7.24. The Balaban J connectivity index is 1.62. The van der Waals surface area contributed by atoms with Crippen molar-refractivity contribution in [3.05, 3.63) is 33.7 Å². The summed E-state index contributed by atoms with van der Waals surface area (Å²) >= 11 is 0. The molecular weight excluding hydrogens is 270 g/mol. The second kappa shape index (κ2) is 5.02. The van der Waals surface area contributed by atoms with Gasteiger partial charge in [-0.2, -0.15) is 0 Å². The van der Waals surface area contributed by atoms with E-state index in [4.69, 9.17) is 0 Å². The zero-order valence-corrected chi connectivity index (χ0v) is 12.0. The van der Waals surface area contributed by atoms with Gasteiger partial charge in [0.1, 0.15) is 5.56 Å². The topological polar surface area (TPSA) is 82.3 Å². The molecular formula is C15H19N3O3. The van der Waals surface area contributed by atoms with Crippen LogP contribution in [0.25, 0.3) is 0 Å². The van der Waals surface area contributed by atoms with Crippen LogP contribution in [0.15, 0.2) is 16.9 Å². The molecule has 2 heterocycles. The zero-order chi connectivity index (χ0) is 15.0. The van der Waals surface area contributed by atoms with Gasteiger partial charge in [0.2, 0.25) is 6.41 Å². The van der Waals surface area contributed by atoms with E-state index < -0.39 is 0 Å². The average Bonchev–Trinajstić information content (AvgIpc) is 3.11. The molecule has 1 aromatic heterocycles. The van der Waals surface area contributed by atoms with Crippen molar-refractivity contribution < 1.29 is 9.59 Å². The summed E-state index contributed by atoms with van der Waals surface area (Å²) in [7, 11) is 0. The molecule has 6 nitrogen and oxygen atoms in total. The van der Waals surface area contributed by atoms with Crippen LogP contribution >= 0.6 is 0 Å². The molecule has 1 unspecified atom stereocenters. The minimum absolute atomic E-state index is 0.125. The number of pyridine rings is 1. The molecule has 1 aromatic rings. The molecule has 1 aliphatic carbocycles. The van der Waals surface area contributed by atoms with Crippen molar-refractivity contribution in [2.45, 2.75) is 32.2 Å². The lowest BCUT2D eigenvalue weighted by Crippen LogP contribution is -2.39. The molecule has 2 amide bonds. The maximum Gasteiger partial charge on any atom is 0.260 e. The molecule has 2 fully saturated rings. The molecule has 3 rings (SSSR count). The Hall–Kier alpha value is -2.11. The van der Waals surface area contributed by atoms with Crippen LogP contribution in [0.2, 0.25) is 0 Å². The number of nitrogens with zero attached hydrogens (tertiary/aromatic N) is 1. The van der Waals surface area contributed by atoms with Gasteiger partial charge in [0.25, 0.3) is 11.5 Å². The van der Waals surface area contributed by atoms with Gasteiger partial charge < -0.3 is 15.2 Å². The Bertz CT molecular complexity index is 629. The van der Waals surface area contributed by atoms with E-state index in [-0.39, 0.29) is 28.5 Å². The molecule has 1 saturated heterocycles. The number of hydrogen-bond donors (Lipinski definition) is 2. The van der Waals surface area contributed by atoms with E-state index in [1.165, 1.54) is 0 Å². The van der Waals surface area contributed by atoms with Crippen LogP contribution in [0.5, 0.6) is 0 Å². The Labute approximate surface area is 122 Å². The number of carbonyl (C=O) groups is 2. The van der Waals surface area contributed by atoms with E-state index in [9.17, 15) is 14.4 Å². The average molecular weight is 289 g/mol. The van der Waals surface area contributed by atoms with Gasteiger partial charge >= 0.3 is 0 Å². The molecule has 21 heavy (non-hydrogen) atoms. The van der Waals surface area contributed by atoms with Gasteiger partial charge in [-0.05, 0) is 43.7 Å². The number of rotatable bonds is 3. The monoisotopic (exact) mass is 289 g/mol. The Morgan fingerprint density at radius 2 is 2.14 bits per heavy atom. The Kier molecular flexibility index (Phi) is 3.31. The van der Waals surface area contributed by atoms with E-state index in [0.29, 0.717) is 0 Å².